The van der Waals surface area contributed by atoms with Crippen LogP contribution in [0.5, 0.6) is 0 Å². The van der Waals surface area contributed by atoms with Gasteiger partial charge in [0.15, 0.2) is 0 Å². The Labute approximate surface area is 375 Å². The second-order valence-corrected chi connectivity index (χ2v) is 19.0. The minimum absolute atomic E-state index is 0.457. The van der Waals surface area contributed by atoms with E-state index in [0.717, 1.165) is 34.1 Å². The van der Waals surface area contributed by atoms with Crippen molar-refractivity contribution in [3.05, 3.63) is 226 Å². The minimum Gasteiger partial charge on any atom is -0.310 e. The first-order valence-corrected chi connectivity index (χ1v) is 23.0. The summed E-state index contributed by atoms with van der Waals surface area (Å²) in [5, 5.41) is 0. The number of anilines is 6. The van der Waals surface area contributed by atoms with Crippen LogP contribution in [0.3, 0.4) is 0 Å². The van der Waals surface area contributed by atoms with E-state index in [0.29, 0.717) is 23.7 Å². The Bertz CT molecular complexity index is 2620. The molecule has 2 nitrogen and oxygen atoms in total. The van der Waals surface area contributed by atoms with Gasteiger partial charge in [-0.2, -0.15) is 0 Å². The Kier molecular flexibility index (Phi) is 10.2. The van der Waals surface area contributed by atoms with Gasteiger partial charge in [-0.05, 0) is 163 Å². The second-order valence-electron chi connectivity index (χ2n) is 19.0. The normalized spacial score (nSPS) is 13.1. The predicted octanol–water partition coefficient (Wildman–Crippen LogP) is 17.5. The van der Waals surface area contributed by atoms with Crippen LogP contribution in [-0.2, 0) is 5.41 Å². The van der Waals surface area contributed by atoms with Crippen molar-refractivity contribution in [1.29, 1.82) is 0 Å². The summed E-state index contributed by atoms with van der Waals surface area (Å²) >= 11 is 0. The Morgan fingerprint density at radius 3 is 0.810 bits per heavy atom. The topological polar surface area (TPSA) is 6.48 Å². The summed E-state index contributed by atoms with van der Waals surface area (Å²) in [5.74, 6) is 1.83. The van der Waals surface area contributed by atoms with E-state index < -0.39 is 5.41 Å². The summed E-state index contributed by atoms with van der Waals surface area (Å²) in [5.41, 5.74) is 22.2. The molecule has 0 atom stereocenters. The fourth-order valence-corrected chi connectivity index (χ4v) is 10.3. The van der Waals surface area contributed by atoms with E-state index in [9.17, 15) is 0 Å². The largest absolute Gasteiger partial charge is 0.310 e. The zero-order valence-electron chi connectivity index (χ0n) is 38.0. The van der Waals surface area contributed by atoms with Gasteiger partial charge < -0.3 is 9.80 Å². The van der Waals surface area contributed by atoms with Crippen LogP contribution < -0.4 is 9.80 Å². The molecule has 312 valence electrons. The Balaban J connectivity index is 1.21. The highest BCUT2D eigenvalue weighted by atomic mass is 15.1. The maximum Gasteiger partial charge on any atom is 0.0727 e. The molecule has 1 spiro atoms. The number of fused-ring (bicyclic) bond motifs is 10. The molecule has 0 saturated carbocycles. The van der Waals surface area contributed by atoms with Gasteiger partial charge in [0.05, 0.1) is 5.41 Å². The predicted molar refractivity (Wildman–Crippen MR) is 268 cm³/mol. The van der Waals surface area contributed by atoms with Crippen LogP contribution in [0.1, 0.15) is 124 Å². The fraction of sp³-hybridized carbons (Fsp3) is 0.213. The van der Waals surface area contributed by atoms with E-state index in [1.807, 2.05) is 0 Å². The minimum atomic E-state index is -0.535. The van der Waals surface area contributed by atoms with Gasteiger partial charge in [-0.15, -0.1) is 0 Å². The molecule has 0 N–H and O–H groups in total. The summed E-state index contributed by atoms with van der Waals surface area (Å²) in [6, 6.07) is 69.5. The van der Waals surface area contributed by atoms with Crippen molar-refractivity contribution >= 4 is 34.1 Å². The highest BCUT2D eigenvalue weighted by Crippen LogP contribution is 2.64. The van der Waals surface area contributed by atoms with Crippen molar-refractivity contribution in [2.24, 2.45) is 0 Å². The van der Waals surface area contributed by atoms with Crippen LogP contribution in [-0.4, -0.2) is 0 Å². The molecule has 0 aliphatic heterocycles. The third-order valence-electron chi connectivity index (χ3n) is 13.8. The monoisotopic (exact) mass is 818 g/mol. The number of benzene rings is 8. The maximum atomic E-state index is 2.51. The van der Waals surface area contributed by atoms with Crippen LogP contribution >= 0.6 is 0 Å². The molecule has 0 aromatic heterocycles. The molecule has 0 bridgehead atoms. The van der Waals surface area contributed by atoms with E-state index >= 15 is 0 Å². The van der Waals surface area contributed by atoms with Crippen LogP contribution in [0.4, 0.5) is 34.1 Å². The van der Waals surface area contributed by atoms with Gasteiger partial charge >= 0.3 is 0 Å². The lowest BCUT2D eigenvalue weighted by Crippen LogP contribution is -2.26. The molecule has 0 radical (unpaired) electrons. The molecule has 8 aromatic carbocycles. The molecule has 8 aromatic rings. The number of rotatable bonds is 10. The van der Waals surface area contributed by atoms with Crippen LogP contribution in [0.25, 0.3) is 22.3 Å². The summed E-state index contributed by atoms with van der Waals surface area (Å²) in [4.78, 5) is 4.90. The lowest BCUT2D eigenvalue weighted by Gasteiger charge is -2.33. The average molecular weight is 819 g/mol. The Morgan fingerprint density at radius 1 is 0.270 bits per heavy atom. The highest BCUT2D eigenvalue weighted by Gasteiger charge is 2.52. The zero-order chi connectivity index (χ0) is 43.6. The van der Waals surface area contributed by atoms with E-state index in [4.69, 9.17) is 0 Å². The van der Waals surface area contributed by atoms with Gasteiger partial charge in [-0.1, -0.05) is 165 Å². The number of hydrogen-bond donors (Lipinski definition) is 0. The molecule has 0 heterocycles. The average Bonchev–Trinajstić information content (AvgIpc) is 3.76. The van der Waals surface area contributed by atoms with E-state index in [2.05, 4.69) is 247 Å². The van der Waals surface area contributed by atoms with E-state index in [1.54, 1.807) is 0 Å². The second kappa shape index (κ2) is 15.9. The first kappa shape index (κ1) is 40.4. The first-order chi connectivity index (χ1) is 30.5. The van der Waals surface area contributed by atoms with Crippen molar-refractivity contribution in [3.63, 3.8) is 0 Å². The SMILES string of the molecule is CC(C)c1ccc(N(c2ccc(C(C)C)cc2)c2ccc3c(c2)C2(c4ccccc4-c4ccccc42)c2cc(N(c4ccc(C(C)C)cc4)c4ccc(C(C)C)cc4)ccc2-3)cc1. The fourth-order valence-electron chi connectivity index (χ4n) is 10.3. The van der Waals surface area contributed by atoms with Gasteiger partial charge in [0.25, 0.3) is 0 Å². The molecule has 2 heteroatoms. The smallest absolute Gasteiger partial charge is 0.0727 e. The van der Waals surface area contributed by atoms with Crippen LogP contribution in [0.15, 0.2) is 182 Å². The molecule has 2 aliphatic rings. The van der Waals surface area contributed by atoms with E-state index in [1.165, 1.54) is 66.8 Å². The van der Waals surface area contributed by atoms with Gasteiger partial charge in [-0.3, -0.25) is 0 Å². The van der Waals surface area contributed by atoms with Crippen molar-refractivity contribution < 1.29 is 0 Å². The highest BCUT2D eigenvalue weighted by molar-refractivity contribution is 5.97. The lowest BCUT2D eigenvalue weighted by molar-refractivity contribution is 0.793. The number of hydrogen-bond acceptors (Lipinski definition) is 2. The van der Waals surface area contributed by atoms with E-state index in [-0.39, 0.29) is 0 Å². The summed E-state index contributed by atoms with van der Waals surface area (Å²) in [7, 11) is 0. The molecular weight excluding hydrogens is 761 g/mol. The first-order valence-electron chi connectivity index (χ1n) is 23.0. The third kappa shape index (κ3) is 6.70. The molecule has 0 unspecified atom stereocenters. The molecule has 0 amide bonds. The van der Waals surface area contributed by atoms with Gasteiger partial charge in [0.2, 0.25) is 0 Å². The Morgan fingerprint density at radius 2 is 0.524 bits per heavy atom. The van der Waals surface area contributed by atoms with Crippen molar-refractivity contribution in [2.45, 2.75) is 84.5 Å². The summed E-state index contributed by atoms with van der Waals surface area (Å²) in [6.45, 7) is 18.1. The van der Waals surface area contributed by atoms with Crippen molar-refractivity contribution in [2.75, 3.05) is 9.80 Å². The summed E-state index contributed by atoms with van der Waals surface area (Å²) < 4.78 is 0. The van der Waals surface area contributed by atoms with Gasteiger partial charge in [0, 0.05) is 34.1 Å². The van der Waals surface area contributed by atoms with Crippen LogP contribution in [0.2, 0.25) is 0 Å². The van der Waals surface area contributed by atoms with Gasteiger partial charge in [0.1, 0.15) is 0 Å². The Hall–Kier alpha value is -6.64. The maximum absolute atomic E-state index is 2.51. The molecule has 63 heavy (non-hydrogen) atoms. The molecular formula is C61H58N2. The van der Waals surface area contributed by atoms with Crippen LogP contribution in [0, 0.1) is 0 Å². The molecule has 2 aliphatic carbocycles. The molecule has 10 rings (SSSR count). The quantitative estimate of drug-likeness (QED) is 0.136. The third-order valence-corrected chi connectivity index (χ3v) is 13.8. The zero-order valence-corrected chi connectivity index (χ0v) is 38.0. The summed E-state index contributed by atoms with van der Waals surface area (Å²) in [6.07, 6.45) is 0. The van der Waals surface area contributed by atoms with Crippen molar-refractivity contribution in [3.8, 4) is 22.3 Å². The standard InChI is InChI=1S/C61H58N2/c1-39(2)43-17-25-47(26-18-43)62(48-27-19-44(20-28-48)40(3)4)51-33-35-55-56-36-34-52(63(49-29-21-45(22-30-49)41(5)6)50-31-23-46(24-32-50)42(7)8)38-60(56)61(59(55)37-51)57-15-11-9-13-53(57)54-14-10-12-16-58(54)61/h9-42H,1-8H3. The molecule has 0 fully saturated rings. The lowest BCUT2D eigenvalue weighted by atomic mass is 9.70. The number of nitrogens with zero attached hydrogens (tertiary/aromatic N) is 2. The van der Waals surface area contributed by atoms with Crippen molar-refractivity contribution in [1.82, 2.24) is 0 Å². The van der Waals surface area contributed by atoms with Gasteiger partial charge in [-0.25, -0.2) is 0 Å². The molecule has 0 saturated heterocycles.